The molecule has 1 aliphatic rings. The maximum absolute atomic E-state index is 4.47. The van der Waals surface area contributed by atoms with Gasteiger partial charge in [-0.05, 0) is 43.0 Å². The van der Waals surface area contributed by atoms with Crippen molar-refractivity contribution in [2.24, 2.45) is 13.0 Å². The molecule has 4 heteroatoms. The Morgan fingerprint density at radius 1 is 1.13 bits per heavy atom. The van der Waals surface area contributed by atoms with Crippen molar-refractivity contribution in [1.82, 2.24) is 19.4 Å². The van der Waals surface area contributed by atoms with Gasteiger partial charge < -0.3 is 4.57 Å². The summed E-state index contributed by atoms with van der Waals surface area (Å²) in [5.41, 5.74) is 2.53. The molecule has 3 aromatic rings. The standard InChI is InChI=1S/C19H22N4/c1-22-11-9-21-19(22)14-23-10-7-15(13-23)12-16-4-2-6-18-17(16)5-3-8-20-18/h2-6,8-9,11,15H,7,10,12-14H2,1H3/t15-/m1/s1. The van der Waals surface area contributed by atoms with Gasteiger partial charge in [-0.15, -0.1) is 0 Å². The fourth-order valence-electron chi connectivity index (χ4n) is 3.63. The summed E-state index contributed by atoms with van der Waals surface area (Å²) in [5, 5.41) is 1.30. The Hall–Kier alpha value is -2.20. The molecule has 1 aliphatic heterocycles. The summed E-state index contributed by atoms with van der Waals surface area (Å²) in [4.78, 5) is 11.4. The normalized spacial score (nSPS) is 18.7. The Bertz CT molecular complexity index is 802. The first kappa shape index (κ1) is 14.4. The Morgan fingerprint density at radius 3 is 2.96 bits per heavy atom. The van der Waals surface area contributed by atoms with Gasteiger partial charge in [-0.1, -0.05) is 18.2 Å². The number of benzene rings is 1. The highest BCUT2D eigenvalue weighted by molar-refractivity contribution is 5.81. The highest BCUT2D eigenvalue weighted by atomic mass is 15.2. The number of aromatic nitrogens is 3. The van der Waals surface area contributed by atoms with Crippen LogP contribution in [0, 0.1) is 5.92 Å². The van der Waals surface area contributed by atoms with Crippen LogP contribution in [0.1, 0.15) is 17.8 Å². The van der Waals surface area contributed by atoms with E-state index in [1.165, 1.54) is 23.9 Å². The molecule has 1 saturated heterocycles. The van der Waals surface area contributed by atoms with E-state index < -0.39 is 0 Å². The molecule has 118 valence electrons. The zero-order valence-corrected chi connectivity index (χ0v) is 13.5. The minimum absolute atomic E-state index is 0.723. The van der Waals surface area contributed by atoms with Crippen LogP contribution in [-0.4, -0.2) is 32.5 Å². The molecular formula is C19H22N4. The molecule has 0 amide bonds. The van der Waals surface area contributed by atoms with Crippen molar-refractivity contribution < 1.29 is 0 Å². The Labute approximate surface area is 136 Å². The fourth-order valence-corrected chi connectivity index (χ4v) is 3.63. The van der Waals surface area contributed by atoms with Crippen molar-refractivity contribution in [3.8, 4) is 0 Å². The van der Waals surface area contributed by atoms with E-state index in [0.29, 0.717) is 0 Å². The van der Waals surface area contributed by atoms with Gasteiger partial charge in [0.15, 0.2) is 0 Å². The number of aryl methyl sites for hydroxylation is 1. The molecule has 4 nitrogen and oxygen atoms in total. The Balaban J connectivity index is 1.45. The minimum Gasteiger partial charge on any atom is -0.337 e. The number of rotatable bonds is 4. The summed E-state index contributed by atoms with van der Waals surface area (Å²) in [6.45, 7) is 3.28. The first-order chi connectivity index (χ1) is 11.3. The average molecular weight is 306 g/mol. The van der Waals surface area contributed by atoms with Gasteiger partial charge in [0.2, 0.25) is 0 Å². The number of likely N-dealkylation sites (tertiary alicyclic amines) is 1. The number of hydrogen-bond donors (Lipinski definition) is 0. The molecule has 23 heavy (non-hydrogen) atoms. The van der Waals surface area contributed by atoms with Crippen LogP contribution in [-0.2, 0) is 20.0 Å². The van der Waals surface area contributed by atoms with Crippen LogP contribution in [0.15, 0.2) is 48.9 Å². The van der Waals surface area contributed by atoms with Crippen LogP contribution in [0.2, 0.25) is 0 Å². The second kappa shape index (κ2) is 6.13. The fraction of sp³-hybridized carbons (Fsp3) is 0.368. The highest BCUT2D eigenvalue weighted by Gasteiger charge is 2.24. The van der Waals surface area contributed by atoms with E-state index in [2.05, 4.69) is 50.7 Å². The van der Waals surface area contributed by atoms with E-state index in [-0.39, 0.29) is 0 Å². The molecule has 0 spiro atoms. The molecule has 1 atom stereocenters. The zero-order chi connectivity index (χ0) is 15.6. The third-order valence-electron chi connectivity index (χ3n) is 4.90. The second-order valence-corrected chi connectivity index (χ2v) is 6.54. The Kier molecular flexibility index (Phi) is 3.83. The smallest absolute Gasteiger partial charge is 0.122 e. The first-order valence-corrected chi connectivity index (χ1v) is 8.31. The summed E-state index contributed by atoms with van der Waals surface area (Å²) in [6, 6.07) is 10.7. The number of fused-ring (bicyclic) bond motifs is 1. The number of imidazole rings is 1. The molecular weight excluding hydrogens is 284 g/mol. The molecule has 2 aromatic heterocycles. The van der Waals surface area contributed by atoms with E-state index in [4.69, 9.17) is 0 Å². The lowest BCUT2D eigenvalue weighted by Gasteiger charge is -2.16. The first-order valence-electron chi connectivity index (χ1n) is 8.31. The van der Waals surface area contributed by atoms with Crippen LogP contribution >= 0.6 is 0 Å². The van der Waals surface area contributed by atoms with Crippen molar-refractivity contribution in [1.29, 1.82) is 0 Å². The molecule has 1 fully saturated rings. The molecule has 0 unspecified atom stereocenters. The van der Waals surface area contributed by atoms with Crippen LogP contribution in [0.25, 0.3) is 10.9 Å². The largest absolute Gasteiger partial charge is 0.337 e. The SMILES string of the molecule is Cn1ccnc1CN1CC[C@H](Cc2cccc3ncccc23)C1. The molecule has 0 N–H and O–H groups in total. The van der Waals surface area contributed by atoms with E-state index in [0.717, 1.165) is 36.8 Å². The number of pyridine rings is 1. The summed E-state index contributed by atoms with van der Waals surface area (Å²) in [6.07, 6.45) is 8.18. The van der Waals surface area contributed by atoms with Crippen molar-refractivity contribution >= 4 is 10.9 Å². The highest BCUT2D eigenvalue weighted by Crippen LogP contribution is 2.25. The van der Waals surface area contributed by atoms with Crippen molar-refractivity contribution in [3.63, 3.8) is 0 Å². The van der Waals surface area contributed by atoms with Crippen LogP contribution in [0.4, 0.5) is 0 Å². The van der Waals surface area contributed by atoms with Gasteiger partial charge >= 0.3 is 0 Å². The lowest BCUT2D eigenvalue weighted by Crippen LogP contribution is -2.22. The van der Waals surface area contributed by atoms with E-state index in [9.17, 15) is 0 Å². The van der Waals surface area contributed by atoms with Crippen LogP contribution < -0.4 is 0 Å². The van der Waals surface area contributed by atoms with E-state index in [1.807, 2.05) is 24.7 Å². The second-order valence-electron chi connectivity index (χ2n) is 6.54. The van der Waals surface area contributed by atoms with E-state index >= 15 is 0 Å². The van der Waals surface area contributed by atoms with Gasteiger partial charge in [-0.2, -0.15) is 0 Å². The van der Waals surface area contributed by atoms with Crippen LogP contribution in [0.3, 0.4) is 0 Å². The quantitative estimate of drug-likeness (QED) is 0.743. The van der Waals surface area contributed by atoms with Gasteiger partial charge in [0.1, 0.15) is 5.82 Å². The van der Waals surface area contributed by atoms with Crippen molar-refractivity contribution in [2.45, 2.75) is 19.4 Å². The maximum Gasteiger partial charge on any atom is 0.122 e. The zero-order valence-electron chi connectivity index (χ0n) is 13.5. The van der Waals surface area contributed by atoms with Gasteiger partial charge in [0, 0.05) is 37.6 Å². The minimum atomic E-state index is 0.723. The van der Waals surface area contributed by atoms with Gasteiger partial charge in [0.25, 0.3) is 0 Å². The monoisotopic (exact) mass is 306 g/mol. The summed E-state index contributed by atoms with van der Waals surface area (Å²) >= 11 is 0. The third kappa shape index (κ3) is 2.99. The third-order valence-corrected chi connectivity index (χ3v) is 4.90. The lowest BCUT2D eigenvalue weighted by atomic mass is 9.96. The topological polar surface area (TPSA) is 34.0 Å². The lowest BCUT2D eigenvalue weighted by molar-refractivity contribution is 0.305. The van der Waals surface area contributed by atoms with Gasteiger partial charge in [-0.25, -0.2) is 4.98 Å². The average Bonchev–Trinajstić information content (AvgIpc) is 3.18. The number of nitrogens with zero attached hydrogens (tertiary/aromatic N) is 4. The summed E-state index contributed by atoms with van der Waals surface area (Å²) < 4.78 is 2.11. The molecule has 4 rings (SSSR count). The van der Waals surface area contributed by atoms with Crippen LogP contribution in [0.5, 0.6) is 0 Å². The van der Waals surface area contributed by atoms with E-state index in [1.54, 1.807) is 0 Å². The predicted molar refractivity (Wildman–Crippen MR) is 92.0 cm³/mol. The molecule has 1 aromatic carbocycles. The molecule has 0 aliphatic carbocycles. The molecule has 0 bridgehead atoms. The number of hydrogen-bond acceptors (Lipinski definition) is 3. The maximum atomic E-state index is 4.47. The van der Waals surface area contributed by atoms with Crippen molar-refractivity contribution in [3.05, 3.63) is 60.3 Å². The Morgan fingerprint density at radius 2 is 2.09 bits per heavy atom. The molecule has 0 saturated carbocycles. The predicted octanol–water partition coefficient (Wildman–Crippen LogP) is 3.03. The molecule has 0 radical (unpaired) electrons. The van der Waals surface area contributed by atoms with Crippen molar-refractivity contribution in [2.75, 3.05) is 13.1 Å². The summed E-state index contributed by atoms with van der Waals surface area (Å²) in [5.74, 6) is 1.88. The molecule has 3 heterocycles. The van der Waals surface area contributed by atoms with Gasteiger partial charge in [-0.3, -0.25) is 9.88 Å². The van der Waals surface area contributed by atoms with Gasteiger partial charge in [0.05, 0.1) is 12.1 Å². The summed E-state index contributed by atoms with van der Waals surface area (Å²) in [7, 11) is 2.07.